The molecule has 0 spiro atoms. The van der Waals surface area contributed by atoms with Crippen molar-refractivity contribution in [1.82, 2.24) is 24.1 Å². The van der Waals surface area contributed by atoms with Gasteiger partial charge < -0.3 is 5.32 Å². The first-order chi connectivity index (χ1) is 17.0. The fourth-order valence-electron chi connectivity index (χ4n) is 3.97. The third-order valence-corrected chi connectivity index (χ3v) is 5.53. The van der Waals surface area contributed by atoms with Gasteiger partial charge in [-0.15, -0.1) is 5.10 Å². The summed E-state index contributed by atoms with van der Waals surface area (Å²) in [5.74, 6) is -3.06. The highest BCUT2D eigenvalue weighted by atomic mass is 19.1. The fourth-order valence-corrected chi connectivity index (χ4v) is 3.97. The number of fused-ring (bicyclic) bond motifs is 3. The maximum absolute atomic E-state index is 14.1. The van der Waals surface area contributed by atoms with Gasteiger partial charge in [0, 0.05) is 24.2 Å². The second-order valence-corrected chi connectivity index (χ2v) is 9.29. The van der Waals surface area contributed by atoms with Crippen molar-refractivity contribution in [3.05, 3.63) is 80.0 Å². The molecule has 0 saturated heterocycles. The largest absolute Gasteiger partial charge is 0.352 e. The van der Waals surface area contributed by atoms with Crippen LogP contribution in [-0.4, -0.2) is 36.5 Å². The monoisotopic (exact) mass is 497 g/mol. The lowest BCUT2D eigenvalue weighted by Gasteiger charge is -2.13. The molecule has 0 aliphatic carbocycles. The molecule has 0 atom stereocenters. The number of rotatable bonds is 7. The molecule has 0 aliphatic rings. The number of nitrogens with one attached hydrogen (secondary N) is 1. The molecule has 1 amide bonds. The summed E-state index contributed by atoms with van der Waals surface area (Å²) in [4.78, 5) is 52.0. The maximum atomic E-state index is 14.1. The van der Waals surface area contributed by atoms with E-state index in [1.165, 1.54) is 27.2 Å². The van der Waals surface area contributed by atoms with E-state index < -0.39 is 40.8 Å². The van der Waals surface area contributed by atoms with E-state index >= 15 is 0 Å². The lowest BCUT2D eigenvalue weighted by Crippen LogP contribution is -2.31. The van der Waals surface area contributed by atoms with Crippen LogP contribution in [0.1, 0.15) is 48.4 Å². The van der Waals surface area contributed by atoms with Crippen LogP contribution in [0.3, 0.4) is 0 Å². The Labute approximate surface area is 204 Å². The van der Waals surface area contributed by atoms with E-state index in [2.05, 4.69) is 10.4 Å². The molecule has 36 heavy (non-hydrogen) atoms. The molecule has 0 fully saturated rings. The molecular weight excluding hydrogens is 472 g/mol. The molecule has 2 heterocycles. The lowest BCUT2D eigenvalue weighted by atomic mass is 10.1. The first-order valence-electron chi connectivity index (χ1n) is 11.4. The molecule has 188 valence electrons. The number of carbonyl (C=O) groups is 2. The van der Waals surface area contributed by atoms with E-state index in [1.807, 2.05) is 13.8 Å². The number of hydrogen-bond donors (Lipinski definition) is 1. The number of halogens is 2. The van der Waals surface area contributed by atoms with Crippen LogP contribution in [0.25, 0.3) is 16.7 Å². The summed E-state index contributed by atoms with van der Waals surface area (Å²) in [6, 6.07) is 6.80. The highest BCUT2D eigenvalue weighted by Gasteiger charge is 2.22. The summed E-state index contributed by atoms with van der Waals surface area (Å²) in [7, 11) is 0. The third kappa shape index (κ3) is 4.56. The summed E-state index contributed by atoms with van der Waals surface area (Å²) < 4.78 is 30.7. The van der Waals surface area contributed by atoms with Gasteiger partial charge in [-0.05, 0) is 50.1 Å². The van der Waals surface area contributed by atoms with Crippen LogP contribution >= 0.6 is 0 Å². The number of amides is 1. The zero-order valence-corrected chi connectivity index (χ0v) is 20.2. The SMILES string of the molecule is CC(C)Cn1c(=O)c2ccc(C(=O)NC(C)C)cc2n2c(=O)n(CC(=O)c3ccc(F)cc3F)nc12. The Balaban J connectivity index is 1.93. The second-order valence-electron chi connectivity index (χ2n) is 9.29. The summed E-state index contributed by atoms with van der Waals surface area (Å²) in [6.07, 6.45) is 0. The van der Waals surface area contributed by atoms with Crippen LogP contribution in [0, 0.1) is 17.6 Å². The number of aromatic nitrogens is 4. The number of Topliss-reactive ketones (excluding diaryl/α,β-unsaturated/α-hetero) is 1. The number of ketones is 1. The fraction of sp³-hybridized carbons (Fsp3) is 0.320. The Hall–Kier alpha value is -4.15. The minimum Gasteiger partial charge on any atom is -0.350 e. The zero-order chi connectivity index (χ0) is 26.3. The van der Waals surface area contributed by atoms with Gasteiger partial charge in [-0.2, -0.15) is 0 Å². The van der Waals surface area contributed by atoms with Gasteiger partial charge in [0.15, 0.2) is 5.78 Å². The summed E-state index contributed by atoms with van der Waals surface area (Å²) in [5, 5.41) is 7.18. The van der Waals surface area contributed by atoms with Gasteiger partial charge >= 0.3 is 5.69 Å². The third-order valence-electron chi connectivity index (χ3n) is 5.53. The van der Waals surface area contributed by atoms with Crippen molar-refractivity contribution in [3.8, 4) is 0 Å². The molecule has 0 aliphatic heterocycles. The van der Waals surface area contributed by atoms with Gasteiger partial charge in [0.1, 0.15) is 18.2 Å². The van der Waals surface area contributed by atoms with Gasteiger partial charge in [0.25, 0.3) is 11.5 Å². The Morgan fingerprint density at radius 1 is 1.03 bits per heavy atom. The van der Waals surface area contributed by atoms with Crippen LogP contribution in [0.15, 0.2) is 46.0 Å². The summed E-state index contributed by atoms with van der Waals surface area (Å²) in [5.41, 5.74) is -1.15. The number of benzene rings is 2. The summed E-state index contributed by atoms with van der Waals surface area (Å²) >= 11 is 0. The predicted octanol–water partition coefficient (Wildman–Crippen LogP) is 2.77. The van der Waals surface area contributed by atoms with Crippen LogP contribution in [-0.2, 0) is 13.1 Å². The van der Waals surface area contributed by atoms with Gasteiger partial charge in [0.2, 0.25) is 5.78 Å². The van der Waals surface area contributed by atoms with Crippen molar-refractivity contribution in [2.45, 2.75) is 46.8 Å². The van der Waals surface area contributed by atoms with Crippen LogP contribution in [0.4, 0.5) is 8.78 Å². The normalized spacial score (nSPS) is 11.7. The quantitative estimate of drug-likeness (QED) is 0.395. The molecule has 11 heteroatoms. The second kappa shape index (κ2) is 9.48. The Kier molecular flexibility index (Phi) is 6.57. The average molecular weight is 498 g/mol. The van der Waals surface area contributed by atoms with Crippen LogP contribution in [0.2, 0.25) is 0 Å². The van der Waals surface area contributed by atoms with E-state index in [-0.39, 0.29) is 46.7 Å². The molecule has 0 saturated carbocycles. The molecule has 2 aromatic carbocycles. The van der Waals surface area contributed by atoms with Crippen LogP contribution in [0.5, 0.6) is 0 Å². The zero-order valence-electron chi connectivity index (χ0n) is 20.2. The Morgan fingerprint density at radius 3 is 2.39 bits per heavy atom. The van der Waals surface area contributed by atoms with Crippen LogP contribution < -0.4 is 16.6 Å². The molecule has 4 aromatic rings. The van der Waals surface area contributed by atoms with Gasteiger partial charge in [-0.3, -0.25) is 19.0 Å². The average Bonchev–Trinajstić information content (AvgIpc) is 3.11. The van der Waals surface area contributed by atoms with E-state index in [0.717, 1.165) is 16.8 Å². The van der Waals surface area contributed by atoms with E-state index in [1.54, 1.807) is 13.8 Å². The smallest absolute Gasteiger partial charge is 0.350 e. The van der Waals surface area contributed by atoms with Gasteiger partial charge in [-0.1, -0.05) is 13.8 Å². The lowest BCUT2D eigenvalue weighted by molar-refractivity contribution is 0.0940. The molecule has 9 nitrogen and oxygen atoms in total. The van der Waals surface area contributed by atoms with E-state index in [9.17, 15) is 28.0 Å². The standard InChI is InChI=1S/C25H25F2N5O4/c1-13(2)11-30-23(35)18-7-5-15(22(34)28-14(3)4)9-20(18)32-24(30)29-31(25(32)36)12-21(33)17-8-6-16(26)10-19(17)27/h5-10,13-14H,11-12H2,1-4H3,(H,28,34). The topological polar surface area (TPSA) is 107 Å². The summed E-state index contributed by atoms with van der Waals surface area (Å²) in [6.45, 7) is 7.00. The van der Waals surface area contributed by atoms with Crippen molar-refractivity contribution in [2.24, 2.45) is 5.92 Å². The first kappa shape index (κ1) is 25.0. The molecule has 2 aromatic heterocycles. The molecule has 0 bridgehead atoms. The molecule has 0 unspecified atom stereocenters. The molecule has 1 N–H and O–H groups in total. The minimum absolute atomic E-state index is 0.0139. The number of carbonyl (C=O) groups excluding carboxylic acids is 2. The van der Waals surface area contributed by atoms with Crippen molar-refractivity contribution < 1.29 is 18.4 Å². The highest BCUT2D eigenvalue weighted by Crippen LogP contribution is 2.16. The highest BCUT2D eigenvalue weighted by molar-refractivity contribution is 5.98. The molecular formula is C25H25F2N5O4. The Bertz CT molecular complexity index is 1630. The van der Waals surface area contributed by atoms with Crippen molar-refractivity contribution in [3.63, 3.8) is 0 Å². The Morgan fingerprint density at radius 2 is 1.75 bits per heavy atom. The maximum Gasteiger partial charge on any atom is 0.352 e. The molecule has 0 radical (unpaired) electrons. The van der Waals surface area contributed by atoms with Gasteiger partial charge in [0.05, 0.1) is 16.5 Å². The minimum atomic E-state index is -1.06. The van der Waals surface area contributed by atoms with Gasteiger partial charge in [-0.25, -0.2) is 22.7 Å². The first-order valence-corrected chi connectivity index (χ1v) is 11.4. The van der Waals surface area contributed by atoms with Crippen molar-refractivity contribution >= 4 is 28.4 Å². The predicted molar refractivity (Wildman–Crippen MR) is 129 cm³/mol. The number of nitrogens with zero attached hydrogens (tertiary/aromatic N) is 4. The van der Waals surface area contributed by atoms with E-state index in [4.69, 9.17) is 0 Å². The number of hydrogen-bond acceptors (Lipinski definition) is 5. The molecule has 4 rings (SSSR count). The van der Waals surface area contributed by atoms with E-state index in [0.29, 0.717) is 6.07 Å². The van der Waals surface area contributed by atoms with Crippen molar-refractivity contribution in [2.75, 3.05) is 0 Å². The van der Waals surface area contributed by atoms with Crippen molar-refractivity contribution in [1.29, 1.82) is 0 Å².